The van der Waals surface area contributed by atoms with Crippen molar-refractivity contribution in [2.24, 2.45) is 22.4 Å². The quantitative estimate of drug-likeness (QED) is 0.399. The normalized spacial score (nSPS) is 36.3. The summed E-state index contributed by atoms with van der Waals surface area (Å²) >= 11 is 0. The Morgan fingerprint density at radius 3 is 2.72 bits per heavy atom. The van der Waals surface area contributed by atoms with Gasteiger partial charge in [0, 0.05) is 17.8 Å². The Balaban J connectivity index is 1.66. The molecular weight excluding hydrogens is 400 g/mol. The highest BCUT2D eigenvalue weighted by atomic mass is 16.4. The Kier molecular flexibility index (Phi) is 5.09. The topological polar surface area (TPSA) is 93.7 Å². The minimum absolute atomic E-state index is 0.150. The molecule has 0 aliphatic heterocycles. The zero-order chi connectivity index (χ0) is 22.5. The maximum Gasteiger partial charge on any atom is 0.156 e. The van der Waals surface area contributed by atoms with Gasteiger partial charge in [-0.3, -0.25) is 4.79 Å². The smallest absolute Gasteiger partial charge is 0.156 e. The number of hydrogen-bond acceptors (Lipinski definition) is 5. The van der Waals surface area contributed by atoms with Crippen LogP contribution in [0.3, 0.4) is 0 Å². The summed E-state index contributed by atoms with van der Waals surface area (Å²) in [7, 11) is 0. The van der Waals surface area contributed by atoms with Crippen LogP contribution in [0.1, 0.15) is 75.3 Å². The maximum atomic E-state index is 12.1. The molecule has 4 aliphatic carbocycles. The number of benzene rings is 1. The summed E-state index contributed by atoms with van der Waals surface area (Å²) in [4.78, 5) is 12.1. The van der Waals surface area contributed by atoms with Crippen LogP contribution in [0.25, 0.3) is 0 Å². The van der Waals surface area contributed by atoms with Crippen LogP contribution in [0.15, 0.2) is 52.2 Å². The summed E-state index contributed by atoms with van der Waals surface area (Å²) < 4.78 is 0. The Hall–Kier alpha value is -2.71. The number of fused-ring (bicyclic) bond motifs is 4. The van der Waals surface area contributed by atoms with Crippen LogP contribution in [0.2, 0.25) is 0 Å². The molecule has 0 heterocycles. The van der Waals surface area contributed by atoms with Gasteiger partial charge in [0.05, 0.1) is 24.3 Å². The molecule has 0 amide bonds. The van der Waals surface area contributed by atoms with Crippen LogP contribution >= 0.6 is 0 Å². The number of nitriles is 1. The summed E-state index contributed by atoms with van der Waals surface area (Å²) in [5, 5.41) is 33.1. The molecule has 2 saturated carbocycles. The van der Waals surface area contributed by atoms with E-state index in [-0.39, 0.29) is 23.5 Å². The van der Waals surface area contributed by atoms with Crippen molar-refractivity contribution >= 4 is 12.0 Å². The first kappa shape index (κ1) is 21.2. The van der Waals surface area contributed by atoms with Crippen LogP contribution < -0.4 is 0 Å². The molecule has 5 atom stereocenters. The van der Waals surface area contributed by atoms with Gasteiger partial charge in [-0.2, -0.15) is 5.26 Å². The number of carbonyl (C=O) groups is 1. The van der Waals surface area contributed by atoms with E-state index in [2.05, 4.69) is 30.3 Å². The van der Waals surface area contributed by atoms with Gasteiger partial charge < -0.3 is 10.3 Å². The molecule has 5 rings (SSSR count). The van der Waals surface area contributed by atoms with Crippen molar-refractivity contribution in [3.8, 4) is 6.07 Å². The van der Waals surface area contributed by atoms with E-state index in [1.807, 2.05) is 18.2 Å². The number of allylic oxidation sites excluding steroid dienone is 4. The molecule has 2 N–H and O–H groups in total. The molecule has 0 aromatic heterocycles. The van der Waals surface area contributed by atoms with E-state index in [0.29, 0.717) is 24.7 Å². The minimum Gasteiger partial charge on any atom is -0.411 e. The molecule has 0 unspecified atom stereocenters. The number of carbonyl (C=O) groups excluding carboxylic acids is 1. The number of ketones is 1. The Morgan fingerprint density at radius 2 is 2.00 bits per heavy atom. The van der Waals surface area contributed by atoms with Crippen LogP contribution in [-0.2, 0) is 4.79 Å². The fourth-order valence-corrected chi connectivity index (χ4v) is 7.36. The van der Waals surface area contributed by atoms with Crippen molar-refractivity contribution in [1.29, 1.82) is 5.26 Å². The Bertz CT molecular complexity index is 1080. The van der Waals surface area contributed by atoms with Gasteiger partial charge in [0.25, 0.3) is 0 Å². The van der Waals surface area contributed by atoms with Crippen LogP contribution in [0.4, 0.5) is 0 Å². The van der Waals surface area contributed by atoms with Crippen molar-refractivity contribution in [3.05, 3.63) is 58.2 Å². The second-order valence-corrected chi connectivity index (χ2v) is 10.3. The van der Waals surface area contributed by atoms with Gasteiger partial charge in [0.15, 0.2) is 5.78 Å². The second-order valence-electron chi connectivity index (χ2n) is 10.3. The first-order chi connectivity index (χ1) is 15.4. The summed E-state index contributed by atoms with van der Waals surface area (Å²) in [5.41, 5.74) is 4.82. The first-order valence-corrected chi connectivity index (χ1v) is 11.7. The number of oxime groups is 1. The van der Waals surface area contributed by atoms with Crippen LogP contribution in [-0.4, -0.2) is 27.9 Å². The Morgan fingerprint density at radius 1 is 1.22 bits per heavy atom. The van der Waals surface area contributed by atoms with Gasteiger partial charge in [-0.05, 0) is 78.7 Å². The molecule has 1 aromatic rings. The molecule has 32 heavy (non-hydrogen) atoms. The lowest BCUT2D eigenvalue weighted by Crippen LogP contribution is -2.51. The van der Waals surface area contributed by atoms with Crippen molar-refractivity contribution in [2.75, 3.05) is 0 Å². The van der Waals surface area contributed by atoms with Crippen molar-refractivity contribution in [1.82, 2.24) is 0 Å². The van der Waals surface area contributed by atoms with Crippen LogP contribution in [0.5, 0.6) is 0 Å². The van der Waals surface area contributed by atoms with Gasteiger partial charge in [-0.15, -0.1) is 0 Å². The van der Waals surface area contributed by atoms with E-state index in [1.54, 1.807) is 0 Å². The van der Waals surface area contributed by atoms with E-state index >= 15 is 0 Å². The summed E-state index contributed by atoms with van der Waals surface area (Å²) in [6, 6.07) is 10.4. The third-order valence-electron chi connectivity index (χ3n) is 8.97. The van der Waals surface area contributed by atoms with E-state index < -0.39 is 5.60 Å². The fourth-order valence-electron chi connectivity index (χ4n) is 7.36. The van der Waals surface area contributed by atoms with Gasteiger partial charge >= 0.3 is 0 Å². The lowest BCUT2D eigenvalue weighted by atomic mass is 9.51. The first-order valence-electron chi connectivity index (χ1n) is 11.7. The largest absolute Gasteiger partial charge is 0.411 e. The summed E-state index contributed by atoms with van der Waals surface area (Å²) in [5.74, 6) is 1.12. The molecule has 4 aliphatic rings. The predicted molar refractivity (Wildman–Crippen MR) is 121 cm³/mol. The van der Waals surface area contributed by atoms with Crippen LogP contribution in [0, 0.1) is 28.6 Å². The maximum absolute atomic E-state index is 12.1. The van der Waals surface area contributed by atoms with E-state index in [9.17, 15) is 15.2 Å². The molecule has 0 spiro atoms. The molecule has 5 heteroatoms. The van der Waals surface area contributed by atoms with Gasteiger partial charge in [0.2, 0.25) is 0 Å². The average molecular weight is 431 g/mol. The molecule has 1 aromatic carbocycles. The lowest BCUT2D eigenvalue weighted by Gasteiger charge is -2.54. The third-order valence-corrected chi connectivity index (χ3v) is 8.97. The van der Waals surface area contributed by atoms with Crippen molar-refractivity contribution in [3.63, 3.8) is 0 Å². The third kappa shape index (κ3) is 3.08. The lowest BCUT2D eigenvalue weighted by molar-refractivity contribution is -0.114. The standard InChI is InChI=1S/C27H30N2O3/c1-26-15-23(18-4-2-17(3-5-18)16-29-32)25-21-9-7-20(30)14-19(21)6-8-22(25)24(26)10-11-27(26,31)12-13-28/h2-5,14,16,22-24,31-32H,6-12,15H2,1H3/b29-16-/t22-,23+,24-,26-,27+/m0/s1. The molecule has 166 valence electrons. The summed E-state index contributed by atoms with van der Waals surface area (Å²) in [6.45, 7) is 2.21. The number of aliphatic hydroxyl groups is 1. The predicted octanol–water partition coefficient (Wildman–Crippen LogP) is 5.04. The molecular formula is C27H30N2O3. The summed E-state index contributed by atoms with van der Waals surface area (Å²) in [6.07, 6.45) is 9.23. The van der Waals surface area contributed by atoms with Gasteiger partial charge in [0.1, 0.15) is 0 Å². The van der Waals surface area contributed by atoms with Gasteiger partial charge in [-0.25, -0.2) is 0 Å². The van der Waals surface area contributed by atoms with Crippen molar-refractivity contribution in [2.45, 2.75) is 69.8 Å². The minimum atomic E-state index is -0.955. The highest BCUT2D eigenvalue weighted by molar-refractivity contribution is 5.93. The Labute approximate surface area is 189 Å². The highest BCUT2D eigenvalue weighted by Crippen LogP contribution is 2.67. The van der Waals surface area contributed by atoms with E-state index in [0.717, 1.165) is 37.7 Å². The molecule has 2 fully saturated rings. The zero-order valence-electron chi connectivity index (χ0n) is 18.6. The number of rotatable bonds is 3. The van der Waals surface area contributed by atoms with Crippen molar-refractivity contribution < 1.29 is 15.1 Å². The van der Waals surface area contributed by atoms with E-state index in [4.69, 9.17) is 5.21 Å². The number of nitrogens with zero attached hydrogens (tertiary/aromatic N) is 2. The molecule has 0 bridgehead atoms. The molecule has 0 saturated heterocycles. The average Bonchev–Trinajstić information content (AvgIpc) is 3.04. The van der Waals surface area contributed by atoms with E-state index in [1.165, 1.54) is 28.5 Å². The molecule has 0 radical (unpaired) electrons. The fraction of sp³-hybridized carbons (Fsp3) is 0.519. The second kappa shape index (κ2) is 7.71. The monoisotopic (exact) mass is 430 g/mol. The zero-order valence-corrected chi connectivity index (χ0v) is 18.6. The number of hydrogen-bond donors (Lipinski definition) is 2. The van der Waals surface area contributed by atoms with Gasteiger partial charge in [-0.1, -0.05) is 41.9 Å². The highest BCUT2D eigenvalue weighted by Gasteiger charge is 2.62. The SMILES string of the molecule is C[C@]12C[C@H](c3ccc(/C=N\O)cc3)C3=C4CCC(=O)C=C4CC[C@H]3[C@@H]1CC[C@@]2(O)CC#N. The molecule has 5 nitrogen and oxygen atoms in total.